The maximum absolute atomic E-state index is 12.4. The van der Waals surface area contributed by atoms with Crippen molar-refractivity contribution in [1.82, 2.24) is 19.8 Å². The predicted molar refractivity (Wildman–Crippen MR) is 93.8 cm³/mol. The zero-order valence-corrected chi connectivity index (χ0v) is 14.9. The van der Waals surface area contributed by atoms with E-state index in [4.69, 9.17) is 4.74 Å². The molecule has 2 unspecified atom stereocenters. The summed E-state index contributed by atoms with van der Waals surface area (Å²) in [6.45, 7) is 11.4. The molecule has 1 fully saturated rings. The molecule has 1 aromatic rings. The average molecular weight is 335 g/mol. The lowest BCUT2D eigenvalue weighted by molar-refractivity contribution is -0.122. The van der Waals surface area contributed by atoms with Gasteiger partial charge in [-0.25, -0.2) is 9.97 Å². The Bertz CT molecular complexity index is 499. The first kappa shape index (κ1) is 18.8. The fourth-order valence-electron chi connectivity index (χ4n) is 3.02. The number of anilines is 1. The molecule has 2 heterocycles. The van der Waals surface area contributed by atoms with E-state index in [1.165, 1.54) is 0 Å². The molecule has 134 valence electrons. The highest BCUT2D eigenvalue weighted by atomic mass is 16.5. The van der Waals surface area contributed by atoms with Crippen LogP contribution < -0.4 is 5.32 Å². The summed E-state index contributed by atoms with van der Waals surface area (Å²) in [6, 6.07) is 1.99. The quantitative estimate of drug-likeness (QED) is 0.721. The summed E-state index contributed by atoms with van der Waals surface area (Å²) in [7, 11) is 0. The number of ether oxygens (including phenoxy) is 1. The van der Waals surface area contributed by atoms with Crippen LogP contribution in [0.25, 0.3) is 0 Å². The topological polar surface area (TPSA) is 70.6 Å². The van der Waals surface area contributed by atoms with Crippen LogP contribution in [-0.2, 0) is 9.53 Å². The van der Waals surface area contributed by atoms with Crippen LogP contribution in [0.4, 0.5) is 5.95 Å². The van der Waals surface area contributed by atoms with Gasteiger partial charge in [0.1, 0.15) is 0 Å². The highest BCUT2D eigenvalue weighted by Crippen LogP contribution is 2.15. The number of hydrogen-bond acceptors (Lipinski definition) is 6. The van der Waals surface area contributed by atoms with Gasteiger partial charge in [-0.05, 0) is 26.3 Å². The molecule has 0 bridgehead atoms. The number of amides is 1. The molecule has 0 radical (unpaired) electrons. The van der Waals surface area contributed by atoms with E-state index in [1.54, 1.807) is 18.5 Å². The van der Waals surface area contributed by atoms with Gasteiger partial charge >= 0.3 is 0 Å². The predicted octanol–water partition coefficient (Wildman–Crippen LogP) is 1.24. The first-order chi connectivity index (χ1) is 11.7. The Balaban J connectivity index is 1.87. The van der Waals surface area contributed by atoms with Gasteiger partial charge in [0.2, 0.25) is 11.9 Å². The van der Waals surface area contributed by atoms with Gasteiger partial charge in [-0.15, -0.1) is 0 Å². The molecular weight excluding hydrogens is 306 g/mol. The average Bonchev–Trinajstić information content (AvgIpc) is 2.62. The molecule has 2 atom stereocenters. The minimum Gasteiger partial charge on any atom is -0.380 e. The minimum absolute atomic E-state index is 0.0566. The number of nitrogens with zero attached hydrogens (tertiary/aromatic N) is 4. The van der Waals surface area contributed by atoms with Gasteiger partial charge < -0.3 is 4.74 Å². The van der Waals surface area contributed by atoms with Crippen molar-refractivity contribution in [3.05, 3.63) is 18.5 Å². The summed E-state index contributed by atoms with van der Waals surface area (Å²) < 4.78 is 5.47. The van der Waals surface area contributed by atoms with Gasteiger partial charge in [-0.2, -0.15) is 0 Å². The van der Waals surface area contributed by atoms with Crippen molar-refractivity contribution in [3.63, 3.8) is 0 Å². The van der Waals surface area contributed by atoms with Gasteiger partial charge in [-0.3, -0.25) is 19.9 Å². The van der Waals surface area contributed by atoms with Crippen molar-refractivity contribution in [1.29, 1.82) is 0 Å². The van der Waals surface area contributed by atoms with E-state index < -0.39 is 0 Å². The number of piperazine rings is 1. The Labute approximate surface area is 144 Å². The molecule has 1 amide bonds. The van der Waals surface area contributed by atoms with Crippen LogP contribution in [0.5, 0.6) is 0 Å². The smallest absolute Gasteiger partial charge is 0.243 e. The number of aromatic nitrogens is 2. The number of nitrogens with one attached hydrogen (secondary N) is 1. The lowest BCUT2D eigenvalue weighted by Crippen LogP contribution is -2.57. The molecule has 2 rings (SSSR count). The van der Waals surface area contributed by atoms with Gasteiger partial charge in [0.15, 0.2) is 0 Å². The molecule has 7 heteroatoms. The molecule has 0 aromatic carbocycles. The summed E-state index contributed by atoms with van der Waals surface area (Å²) in [5.41, 5.74) is 0. The SMILES string of the molecule is CCOCCN1CCN(C(C)C(=O)Nc2ncccn2)CC1CC. The normalized spacial score (nSPS) is 20.7. The Hall–Kier alpha value is -1.57. The summed E-state index contributed by atoms with van der Waals surface area (Å²) in [6.07, 6.45) is 4.31. The zero-order chi connectivity index (χ0) is 17.4. The summed E-state index contributed by atoms with van der Waals surface area (Å²) >= 11 is 0. The van der Waals surface area contributed by atoms with E-state index in [0.29, 0.717) is 12.0 Å². The van der Waals surface area contributed by atoms with Crippen LogP contribution in [0.15, 0.2) is 18.5 Å². The van der Waals surface area contributed by atoms with Crippen LogP contribution >= 0.6 is 0 Å². The maximum atomic E-state index is 12.4. The van der Waals surface area contributed by atoms with Crippen LogP contribution in [0.2, 0.25) is 0 Å². The summed E-state index contributed by atoms with van der Waals surface area (Å²) in [4.78, 5) is 25.2. The molecule has 0 aliphatic carbocycles. The third kappa shape index (κ3) is 5.22. The minimum atomic E-state index is -0.197. The van der Waals surface area contributed by atoms with Crippen LogP contribution in [-0.4, -0.2) is 77.2 Å². The molecule has 1 aliphatic heterocycles. The molecule has 24 heavy (non-hydrogen) atoms. The highest BCUT2D eigenvalue weighted by molar-refractivity contribution is 5.93. The summed E-state index contributed by atoms with van der Waals surface area (Å²) in [5.74, 6) is 0.301. The lowest BCUT2D eigenvalue weighted by atomic mass is 10.1. The zero-order valence-electron chi connectivity index (χ0n) is 14.9. The standard InChI is InChI=1S/C17H29N5O2/c1-4-15-13-22(10-9-21(15)11-12-24-5-2)14(3)16(23)20-17-18-7-6-8-19-17/h6-8,14-15H,4-5,9-13H2,1-3H3,(H,18,19,20,23). The second kappa shape index (κ2) is 9.66. The van der Waals surface area contributed by atoms with E-state index in [9.17, 15) is 4.79 Å². The molecule has 7 nitrogen and oxygen atoms in total. The van der Waals surface area contributed by atoms with E-state index in [-0.39, 0.29) is 11.9 Å². The molecule has 0 saturated carbocycles. The first-order valence-corrected chi connectivity index (χ1v) is 8.79. The first-order valence-electron chi connectivity index (χ1n) is 8.79. The molecule has 1 aromatic heterocycles. The molecule has 1 saturated heterocycles. The third-order valence-electron chi connectivity index (χ3n) is 4.56. The van der Waals surface area contributed by atoms with Crippen LogP contribution in [0.3, 0.4) is 0 Å². The van der Waals surface area contributed by atoms with Crippen LogP contribution in [0, 0.1) is 0 Å². The van der Waals surface area contributed by atoms with Crippen molar-refractivity contribution in [2.45, 2.75) is 39.3 Å². The van der Waals surface area contributed by atoms with Gasteiger partial charge in [0, 0.05) is 51.2 Å². The number of rotatable bonds is 8. The van der Waals surface area contributed by atoms with Crippen molar-refractivity contribution >= 4 is 11.9 Å². The molecular formula is C17H29N5O2. The maximum Gasteiger partial charge on any atom is 0.243 e. The Morgan fingerprint density at radius 1 is 1.38 bits per heavy atom. The van der Waals surface area contributed by atoms with Crippen molar-refractivity contribution < 1.29 is 9.53 Å². The fraction of sp³-hybridized carbons (Fsp3) is 0.706. The Kier molecular flexibility index (Phi) is 7.55. The summed E-state index contributed by atoms with van der Waals surface area (Å²) in [5, 5.41) is 2.79. The van der Waals surface area contributed by atoms with E-state index >= 15 is 0 Å². The van der Waals surface area contributed by atoms with Crippen molar-refractivity contribution in [2.75, 3.05) is 44.7 Å². The van der Waals surface area contributed by atoms with Crippen molar-refractivity contribution in [3.8, 4) is 0 Å². The number of hydrogen-bond donors (Lipinski definition) is 1. The number of carbonyl (C=O) groups is 1. The Morgan fingerprint density at radius 3 is 2.79 bits per heavy atom. The fourth-order valence-corrected chi connectivity index (χ4v) is 3.02. The van der Waals surface area contributed by atoms with Crippen molar-refractivity contribution in [2.24, 2.45) is 0 Å². The third-order valence-corrected chi connectivity index (χ3v) is 4.56. The van der Waals surface area contributed by atoms with Crippen LogP contribution in [0.1, 0.15) is 27.2 Å². The molecule has 0 spiro atoms. The van der Waals surface area contributed by atoms with E-state index in [2.05, 4.69) is 32.0 Å². The monoisotopic (exact) mass is 335 g/mol. The lowest BCUT2D eigenvalue weighted by Gasteiger charge is -2.43. The van der Waals surface area contributed by atoms with Gasteiger partial charge in [-0.1, -0.05) is 6.92 Å². The van der Waals surface area contributed by atoms with E-state index in [1.807, 2.05) is 13.8 Å². The Morgan fingerprint density at radius 2 is 2.12 bits per heavy atom. The second-order valence-corrected chi connectivity index (χ2v) is 6.03. The highest BCUT2D eigenvalue weighted by Gasteiger charge is 2.30. The molecule has 1 aliphatic rings. The second-order valence-electron chi connectivity index (χ2n) is 6.03. The molecule has 1 N–H and O–H groups in total. The largest absolute Gasteiger partial charge is 0.380 e. The van der Waals surface area contributed by atoms with Gasteiger partial charge in [0.25, 0.3) is 0 Å². The van der Waals surface area contributed by atoms with Gasteiger partial charge in [0.05, 0.1) is 12.6 Å². The van der Waals surface area contributed by atoms with E-state index in [0.717, 1.165) is 45.8 Å². The number of carbonyl (C=O) groups excluding carboxylic acids is 1.